The predicted molar refractivity (Wildman–Crippen MR) is 60.1 cm³/mol. The third-order valence-corrected chi connectivity index (χ3v) is 4.12. The Morgan fingerprint density at radius 3 is 3.07 bits per heavy atom. The number of carbonyl (C=O) groups is 1. The van der Waals surface area contributed by atoms with Gasteiger partial charge in [-0.05, 0) is 28.4 Å². The largest absolute Gasteiger partial charge is 0.347 e. The number of rotatable bonds is 1. The molecule has 1 saturated heterocycles. The minimum atomic E-state index is -0.00690. The molecular weight excluding hydrogens is 264 g/mol. The van der Waals surface area contributed by atoms with Crippen molar-refractivity contribution >= 4 is 33.2 Å². The fourth-order valence-electron chi connectivity index (χ4n) is 1.59. The zero-order valence-corrected chi connectivity index (χ0v) is 9.90. The van der Waals surface area contributed by atoms with Crippen LogP contribution in [0.25, 0.3) is 0 Å². The van der Waals surface area contributed by atoms with Gasteiger partial charge in [0.1, 0.15) is 0 Å². The Morgan fingerprint density at radius 1 is 1.64 bits per heavy atom. The van der Waals surface area contributed by atoms with Crippen LogP contribution in [0, 0.1) is 0 Å². The summed E-state index contributed by atoms with van der Waals surface area (Å²) in [5.41, 5.74) is 5.96. The average Bonchev–Trinajstić information content (AvgIpc) is 2.56. The average molecular weight is 275 g/mol. The Hall–Kier alpha value is -0.390. The summed E-state index contributed by atoms with van der Waals surface area (Å²) in [4.78, 5) is 12.3. The zero-order valence-electron chi connectivity index (χ0n) is 7.50. The Kier molecular flexibility index (Phi) is 2.90. The number of nitrogens with two attached hydrogens (primary N) is 1. The lowest BCUT2D eigenvalue weighted by Gasteiger charge is -2.28. The minimum absolute atomic E-state index is 0.00690. The first-order valence-corrected chi connectivity index (χ1v) is 6.13. The molecule has 1 aliphatic heterocycles. The highest BCUT2D eigenvalue weighted by molar-refractivity contribution is 9.10. The maximum absolute atomic E-state index is 11.2. The van der Waals surface area contributed by atoms with E-state index in [1.54, 1.807) is 11.3 Å². The van der Waals surface area contributed by atoms with Crippen LogP contribution in [0.5, 0.6) is 0 Å². The fourth-order valence-corrected chi connectivity index (χ4v) is 3.16. The maximum Gasteiger partial charge on any atom is 0.220 e. The molecule has 0 bridgehead atoms. The molecule has 2 atom stereocenters. The van der Waals surface area contributed by atoms with Gasteiger partial charge < -0.3 is 11.1 Å². The first-order valence-electron chi connectivity index (χ1n) is 4.45. The maximum atomic E-state index is 11.2. The summed E-state index contributed by atoms with van der Waals surface area (Å²) < 4.78 is 1.05. The van der Waals surface area contributed by atoms with Gasteiger partial charge >= 0.3 is 0 Å². The van der Waals surface area contributed by atoms with E-state index in [0.717, 1.165) is 15.8 Å². The number of thiophene rings is 1. The van der Waals surface area contributed by atoms with Gasteiger partial charge in [0.25, 0.3) is 0 Å². The molecule has 0 aromatic carbocycles. The first-order chi connectivity index (χ1) is 6.66. The van der Waals surface area contributed by atoms with Crippen molar-refractivity contribution in [1.82, 2.24) is 5.32 Å². The Bertz CT molecular complexity index is 352. The van der Waals surface area contributed by atoms with Crippen LogP contribution in [0.1, 0.15) is 23.8 Å². The first kappa shape index (κ1) is 10.1. The van der Waals surface area contributed by atoms with Crippen molar-refractivity contribution in [1.29, 1.82) is 0 Å². The number of hydrogen-bond donors (Lipinski definition) is 2. The molecular formula is C9H11BrN2OS. The molecule has 5 heteroatoms. The van der Waals surface area contributed by atoms with E-state index in [1.165, 1.54) is 0 Å². The highest BCUT2D eigenvalue weighted by Crippen LogP contribution is 2.30. The summed E-state index contributed by atoms with van der Waals surface area (Å²) in [6, 6.07) is 2.05. The summed E-state index contributed by atoms with van der Waals surface area (Å²) in [7, 11) is 0. The van der Waals surface area contributed by atoms with Crippen molar-refractivity contribution in [2.24, 2.45) is 5.73 Å². The second-order valence-electron chi connectivity index (χ2n) is 3.42. The third-order valence-electron chi connectivity index (χ3n) is 2.34. The van der Waals surface area contributed by atoms with Crippen LogP contribution in [0.3, 0.4) is 0 Å². The van der Waals surface area contributed by atoms with E-state index in [-0.39, 0.29) is 18.0 Å². The summed E-state index contributed by atoms with van der Waals surface area (Å²) in [5.74, 6) is 0.0984. The van der Waals surface area contributed by atoms with Crippen LogP contribution in [0.15, 0.2) is 15.9 Å². The molecule has 14 heavy (non-hydrogen) atoms. The number of piperidine rings is 1. The predicted octanol–water partition coefficient (Wildman–Crippen LogP) is 1.79. The molecule has 0 spiro atoms. The van der Waals surface area contributed by atoms with E-state index in [4.69, 9.17) is 5.73 Å². The zero-order chi connectivity index (χ0) is 10.1. The molecule has 3 nitrogen and oxygen atoms in total. The van der Waals surface area contributed by atoms with Gasteiger partial charge in [-0.2, -0.15) is 0 Å². The van der Waals surface area contributed by atoms with E-state index >= 15 is 0 Å². The lowest BCUT2D eigenvalue weighted by Crippen LogP contribution is -2.45. The Labute approximate surface area is 94.8 Å². The number of carbonyl (C=O) groups excluding carboxylic acids is 1. The van der Waals surface area contributed by atoms with E-state index in [0.29, 0.717) is 6.42 Å². The normalized spacial score (nSPS) is 27.4. The number of amides is 1. The van der Waals surface area contributed by atoms with Crippen LogP contribution < -0.4 is 11.1 Å². The van der Waals surface area contributed by atoms with Gasteiger partial charge in [0.15, 0.2) is 0 Å². The number of halogens is 1. The van der Waals surface area contributed by atoms with Gasteiger partial charge in [0.2, 0.25) is 5.91 Å². The van der Waals surface area contributed by atoms with Gasteiger partial charge in [-0.15, -0.1) is 11.3 Å². The minimum Gasteiger partial charge on any atom is -0.347 e. The van der Waals surface area contributed by atoms with Crippen molar-refractivity contribution in [3.63, 3.8) is 0 Å². The molecule has 2 unspecified atom stereocenters. The van der Waals surface area contributed by atoms with Crippen molar-refractivity contribution in [2.45, 2.75) is 24.9 Å². The van der Waals surface area contributed by atoms with Gasteiger partial charge in [-0.1, -0.05) is 0 Å². The SMILES string of the molecule is NC1CCC(=O)NC1c1cc(Br)cs1. The van der Waals surface area contributed by atoms with E-state index in [1.807, 2.05) is 11.4 Å². The fraction of sp³-hybridized carbons (Fsp3) is 0.444. The van der Waals surface area contributed by atoms with Gasteiger partial charge in [-0.25, -0.2) is 0 Å². The second-order valence-corrected chi connectivity index (χ2v) is 5.27. The van der Waals surface area contributed by atoms with Crippen LogP contribution in [-0.2, 0) is 4.79 Å². The van der Waals surface area contributed by atoms with E-state index < -0.39 is 0 Å². The van der Waals surface area contributed by atoms with Crippen molar-refractivity contribution in [3.8, 4) is 0 Å². The quantitative estimate of drug-likeness (QED) is 0.821. The molecule has 1 aromatic heterocycles. The summed E-state index contributed by atoms with van der Waals surface area (Å²) in [6.45, 7) is 0. The molecule has 2 rings (SSSR count). The molecule has 0 saturated carbocycles. The lowest BCUT2D eigenvalue weighted by atomic mass is 9.98. The summed E-state index contributed by atoms with van der Waals surface area (Å²) >= 11 is 5.01. The third kappa shape index (κ3) is 1.99. The summed E-state index contributed by atoms with van der Waals surface area (Å²) in [5, 5.41) is 4.92. The lowest BCUT2D eigenvalue weighted by molar-refractivity contribution is -0.123. The van der Waals surface area contributed by atoms with E-state index in [2.05, 4.69) is 21.2 Å². The van der Waals surface area contributed by atoms with Gasteiger partial charge in [0.05, 0.1) is 6.04 Å². The van der Waals surface area contributed by atoms with Gasteiger partial charge in [-0.3, -0.25) is 4.79 Å². The molecule has 2 heterocycles. The molecule has 0 aliphatic carbocycles. The number of hydrogen-bond acceptors (Lipinski definition) is 3. The molecule has 3 N–H and O–H groups in total. The summed E-state index contributed by atoms with van der Waals surface area (Å²) in [6.07, 6.45) is 1.32. The molecule has 1 fully saturated rings. The monoisotopic (exact) mass is 274 g/mol. The van der Waals surface area contributed by atoms with Crippen molar-refractivity contribution in [3.05, 3.63) is 20.8 Å². The van der Waals surface area contributed by atoms with E-state index in [9.17, 15) is 4.79 Å². The Balaban J connectivity index is 2.19. The van der Waals surface area contributed by atoms with Crippen LogP contribution in [-0.4, -0.2) is 11.9 Å². The van der Waals surface area contributed by atoms with Crippen molar-refractivity contribution < 1.29 is 4.79 Å². The second kappa shape index (κ2) is 4.00. The highest BCUT2D eigenvalue weighted by Gasteiger charge is 2.27. The molecule has 0 radical (unpaired) electrons. The van der Waals surface area contributed by atoms with Crippen LogP contribution in [0.4, 0.5) is 0 Å². The van der Waals surface area contributed by atoms with Gasteiger partial charge in [0, 0.05) is 27.2 Å². The molecule has 1 aromatic rings. The number of nitrogens with one attached hydrogen (secondary N) is 1. The van der Waals surface area contributed by atoms with Crippen LogP contribution >= 0.6 is 27.3 Å². The molecule has 1 amide bonds. The smallest absolute Gasteiger partial charge is 0.220 e. The van der Waals surface area contributed by atoms with Crippen LogP contribution in [0.2, 0.25) is 0 Å². The molecule has 1 aliphatic rings. The highest BCUT2D eigenvalue weighted by atomic mass is 79.9. The molecule has 76 valence electrons. The van der Waals surface area contributed by atoms with Crippen molar-refractivity contribution in [2.75, 3.05) is 0 Å². The Morgan fingerprint density at radius 2 is 2.43 bits per heavy atom. The topological polar surface area (TPSA) is 55.1 Å². The standard InChI is InChI=1S/C9H11BrN2OS/c10-5-3-7(14-4-5)9-6(11)1-2-8(13)12-9/h3-4,6,9H,1-2,11H2,(H,12,13).